The quantitative estimate of drug-likeness (QED) is 0.570. The zero-order valence-electron chi connectivity index (χ0n) is 17.3. The van der Waals surface area contributed by atoms with E-state index < -0.39 is 17.8 Å². The maximum atomic E-state index is 13.0. The lowest BCUT2D eigenvalue weighted by molar-refractivity contribution is -0.137. The summed E-state index contributed by atoms with van der Waals surface area (Å²) in [4.78, 5) is 32.5. The van der Waals surface area contributed by atoms with Crippen molar-refractivity contribution < 1.29 is 22.8 Å². The summed E-state index contributed by atoms with van der Waals surface area (Å²) < 4.78 is 38.9. The lowest BCUT2D eigenvalue weighted by Gasteiger charge is -2.36. The molecule has 0 saturated carbocycles. The Morgan fingerprint density at radius 2 is 1.67 bits per heavy atom. The zero-order valence-corrected chi connectivity index (χ0v) is 18.1. The van der Waals surface area contributed by atoms with Crippen LogP contribution in [0.25, 0.3) is 0 Å². The molecule has 4 rings (SSSR count). The highest BCUT2D eigenvalue weighted by molar-refractivity contribution is 7.14. The maximum Gasteiger partial charge on any atom is 0.416 e. The number of hydrogen-bond acceptors (Lipinski definition) is 5. The number of hydrogen-bond donors (Lipinski definition) is 2. The van der Waals surface area contributed by atoms with Gasteiger partial charge in [-0.1, -0.05) is 24.3 Å². The minimum Gasteiger partial charge on any atom is -0.368 e. The van der Waals surface area contributed by atoms with Crippen molar-refractivity contribution in [3.05, 3.63) is 71.2 Å². The predicted molar refractivity (Wildman–Crippen MR) is 121 cm³/mol. The van der Waals surface area contributed by atoms with Crippen molar-refractivity contribution in [3.63, 3.8) is 0 Å². The van der Waals surface area contributed by atoms with Gasteiger partial charge < -0.3 is 15.1 Å². The number of carbonyl (C=O) groups is 2. The lowest BCUT2D eigenvalue weighted by atomic mass is 10.1. The second kappa shape index (κ2) is 9.49. The van der Waals surface area contributed by atoms with Crippen molar-refractivity contribution in [2.75, 3.05) is 41.7 Å². The fraction of sp³-hybridized carbons (Fsp3) is 0.227. The molecule has 1 aliphatic rings. The van der Waals surface area contributed by atoms with Crippen LogP contribution >= 0.6 is 11.3 Å². The summed E-state index contributed by atoms with van der Waals surface area (Å²) in [6, 6.07) is 13.6. The Bertz CT molecular complexity index is 1130. The third-order valence-electron chi connectivity index (χ3n) is 5.08. The standard InChI is InChI=1S/C22H20F3N5O2S/c23-22(24,25)15-5-4-8-17(13-15)29-9-11-30(12-10-29)19(31)18-14-33-21(27-18)28-20(32)26-16-6-2-1-3-7-16/h1-8,13-14H,9-12H2,(H2,26,27,28,32). The summed E-state index contributed by atoms with van der Waals surface area (Å²) >= 11 is 1.13. The summed E-state index contributed by atoms with van der Waals surface area (Å²) in [5.74, 6) is -0.286. The second-order valence-electron chi connectivity index (χ2n) is 7.31. The number of urea groups is 1. The predicted octanol–water partition coefficient (Wildman–Crippen LogP) is 4.77. The van der Waals surface area contributed by atoms with Gasteiger partial charge in [0.15, 0.2) is 5.13 Å². The molecule has 3 aromatic rings. The monoisotopic (exact) mass is 475 g/mol. The van der Waals surface area contributed by atoms with Gasteiger partial charge in [0.1, 0.15) is 5.69 Å². The van der Waals surface area contributed by atoms with Crippen LogP contribution in [0.1, 0.15) is 16.1 Å². The largest absolute Gasteiger partial charge is 0.416 e. The van der Waals surface area contributed by atoms with Crippen molar-refractivity contribution in [1.29, 1.82) is 0 Å². The van der Waals surface area contributed by atoms with E-state index in [4.69, 9.17) is 0 Å². The first-order valence-corrected chi connectivity index (χ1v) is 11.0. The van der Waals surface area contributed by atoms with Crippen molar-refractivity contribution in [2.24, 2.45) is 0 Å². The average molecular weight is 475 g/mol. The van der Waals surface area contributed by atoms with Gasteiger partial charge >= 0.3 is 12.2 Å². The zero-order chi connectivity index (χ0) is 23.4. The van der Waals surface area contributed by atoms with Gasteiger partial charge in [0.25, 0.3) is 5.91 Å². The van der Waals surface area contributed by atoms with Crippen LogP contribution in [0.4, 0.5) is 34.5 Å². The molecule has 1 aliphatic heterocycles. The number of aromatic nitrogens is 1. The number of nitrogens with one attached hydrogen (secondary N) is 2. The van der Waals surface area contributed by atoms with Crippen LogP contribution in [0.2, 0.25) is 0 Å². The van der Waals surface area contributed by atoms with Crippen molar-refractivity contribution in [1.82, 2.24) is 9.88 Å². The van der Waals surface area contributed by atoms with Crippen molar-refractivity contribution >= 4 is 39.8 Å². The molecule has 7 nitrogen and oxygen atoms in total. The van der Waals surface area contributed by atoms with E-state index in [9.17, 15) is 22.8 Å². The number of alkyl halides is 3. The smallest absolute Gasteiger partial charge is 0.368 e. The maximum absolute atomic E-state index is 13.0. The third-order valence-corrected chi connectivity index (χ3v) is 5.84. The Morgan fingerprint density at radius 3 is 2.36 bits per heavy atom. The third kappa shape index (κ3) is 5.61. The molecule has 33 heavy (non-hydrogen) atoms. The number of anilines is 3. The van der Waals surface area contributed by atoms with Gasteiger partial charge in [0, 0.05) is 42.9 Å². The summed E-state index contributed by atoms with van der Waals surface area (Å²) in [5, 5.41) is 7.13. The normalized spacial score (nSPS) is 14.2. The second-order valence-corrected chi connectivity index (χ2v) is 8.17. The van der Waals surface area contributed by atoms with E-state index >= 15 is 0 Å². The SMILES string of the molecule is O=C(Nc1ccccc1)Nc1nc(C(=O)N2CCN(c3cccc(C(F)(F)F)c3)CC2)cs1. The molecular formula is C22H20F3N5O2S. The topological polar surface area (TPSA) is 77.6 Å². The highest BCUT2D eigenvalue weighted by atomic mass is 32.1. The molecule has 1 saturated heterocycles. The number of thiazole rings is 1. The number of amides is 3. The Labute approximate surface area is 191 Å². The van der Waals surface area contributed by atoms with Gasteiger partial charge in [0.2, 0.25) is 0 Å². The molecule has 0 bridgehead atoms. The number of benzene rings is 2. The molecule has 2 N–H and O–H groups in total. The average Bonchev–Trinajstić information content (AvgIpc) is 3.27. The Kier molecular flexibility index (Phi) is 6.50. The number of piperazine rings is 1. The number of para-hydroxylation sites is 1. The molecule has 0 atom stereocenters. The summed E-state index contributed by atoms with van der Waals surface area (Å²) in [6.07, 6.45) is -4.40. The van der Waals surface area contributed by atoms with Crippen LogP contribution in [0.5, 0.6) is 0 Å². The summed E-state index contributed by atoms with van der Waals surface area (Å²) in [6.45, 7) is 1.51. The Hall–Kier alpha value is -3.60. The first-order valence-electron chi connectivity index (χ1n) is 10.1. The molecule has 0 spiro atoms. The Morgan fingerprint density at radius 1 is 0.939 bits per heavy atom. The van der Waals surface area contributed by atoms with E-state index in [1.807, 2.05) is 11.0 Å². The van der Waals surface area contributed by atoms with Crippen LogP contribution in [-0.2, 0) is 6.18 Å². The van der Waals surface area contributed by atoms with Gasteiger partial charge in [-0.15, -0.1) is 11.3 Å². The van der Waals surface area contributed by atoms with Crippen LogP contribution in [0.3, 0.4) is 0 Å². The molecule has 0 aliphatic carbocycles. The minimum atomic E-state index is -4.40. The molecule has 3 amide bonds. The molecule has 1 aromatic heterocycles. The van der Waals surface area contributed by atoms with Crippen LogP contribution in [0, 0.1) is 0 Å². The molecule has 172 valence electrons. The van der Waals surface area contributed by atoms with Gasteiger partial charge in [0.05, 0.1) is 5.56 Å². The fourth-order valence-corrected chi connectivity index (χ4v) is 4.10. The fourth-order valence-electron chi connectivity index (χ4n) is 3.42. The number of rotatable bonds is 4. The summed E-state index contributed by atoms with van der Waals surface area (Å²) in [5.41, 5.74) is 0.614. The first kappa shape index (κ1) is 22.6. The highest BCUT2D eigenvalue weighted by Gasteiger charge is 2.31. The molecular weight excluding hydrogens is 455 g/mol. The molecule has 2 heterocycles. The van der Waals surface area contributed by atoms with Crippen LogP contribution in [-0.4, -0.2) is 48.0 Å². The number of halogens is 3. The van der Waals surface area contributed by atoms with Gasteiger partial charge in [-0.25, -0.2) is 9.78 Å². The first-order chi connectivity index (χ1) is 15.8. The molecule has 0 unspecified atom stereocenters. The van der Waals surface area contributed by atoms with Gasteiger partial charge in [-0.05, 0) is 30.3 Å². The van der Waals surface area contributed by atoms with E-state index in [0.29, 0.717) is 37.6 Å². The summed E-state index contributed by atoms with van der Waals surface area (Å²) in [7, 11) is 0. The minimum absolute atomic E-state index is 0.211. The highest BCUT2D eigenvalue weighted by Crippen LogP contribution is 2.32. The van der Waals surface area contributed by atoms with E-state index in [2.05, 4.69) is 15.6 Å². The van der Waals surface area contributed by atoms with Crippen molar-refractivity contribution in [2.45, 2.75) is 6.18 Å². The van der Waals surface area contributed by atoms with Crippen LogP contribution < -0.4 is 15.5 Å². The molecule has 2 aromatic carbocycles. The van der Waals surface area contributed by atoms with Crippen molar-refractivity contribution in [3.8, 4) is 0 Å². The molecule has 11 heteroatoms. The molecule has 1 fully saturated rings. The van der Waals surface area contributed by atoms with Crippen LogP contribution in [0.15, 0.2) is 60.0 Å². The van der Waals surface area contributed by atoms with E-state index in [1.54, 1.807) is 40.6 Å². The number of carbonyl (C=O) groups excluding carboxylic acids is 2. The van der Waals surface area contributed by atoms with E-state index in [-0.39, 0.29) is 16.7 Å². The Balaban J connectivity index is 1.32. The molecule has 0 radical (unpaired) electrons. The van der Waals surface area contributed by atoms with Gasteiger partial charge in [-0.2, -0.15) is 13.2 Å². The van der Waals surface area contributed by atoms with E-state index in [1.165, 1.54) is 6.07 Å². The lowest BCUT2D eigenvalue weighted by Crippen LogP contribution is -2.49. The van der Waals surface area contributed by atoms with E-state index in [0.717, 1.165) is 23.5 Å². The number of nitrogens with zero attached hydrogens (tertiary/aromatic N) is 3. The van der Waals surface area contributed by atoms with Gasteiger partial charge in [-0.3, -0.25) is 10.1 Å².